The van der Waals surface area contributed by atoms with Crippen LogP contribution in [0.1, 0.15) is 12.8 Å². The topological polar surface area (TPSA) is 59.6 Å². The molecule has 1 heterocycles. The molecule has 0 radical (unpaired) electrons. The van der Waals surface area contributed by atoms with Crippen LogP contribution in [-0.2, 0) is 4.79 Å². The maximum absolute atomic E-state index is 12.0. The lowest BCUT2D eigenvalue weighted by molar-refractivity contribution is -0.117. The molecule has 1 amide bonds. The van der Waals surface area contributed by atoms with E-state index in [-0.39, 0.29) is 11.9 Å². The number of rotatable bonds is 4. The minimum Gasteiger partial charge on any atom is -0.497 e. The van der Waals surface area contributed by atoms with E-state index in [4.69, 9.17) is 9.47 Å². The molecule has 18 heavy (non-hydrogen) atoms. The van der Waals surface area contributed by atoms with E-state index in [0.29, 0.717) is 17.2 Å². The fourth-order valence-electron chi connectivity index (χ4n) is 2.02. The quantitative estimate of drug-likeness (QED) is 0.848. The number of nitrogens with one attached hydrogen (secondary N) is 2. The fourth-order valence-corrected chi connectivity index (χ4v) is 2.02. The Morgan fingerprint density at radius 1 is 1.28 bits per heavy atom. The van der Waals surface area contributed by atoms with Gasteiger partial charge in [0.1, 0.15) is 11.5 Å². The Labute approximate surface area is 106 Å². The van der Waals surface area contributed by atoms with Crippen LogP contribution in [0.3, 0.4) is 0 Å². The molecular formula is C13H18N2O3. The second kappa shape index (κ2) is 5.73. The molecule has 0 saturated carbocycles. The van der Waals surface area contributed by atoms with E-state index in [1.807, 2.05) is 0 Å². The van der Waals surface area contributed by atoms with Crippen LogP contribution in [0.5, 0.6) is 11.5 Å². The second-order valence-corrected chi connectivity index (χ2v) is 4.24. The Balaban J connectivity index is 2.09. The van der Waals surface area contributed by atoms with Crippen LogP contribution < -0.4 is 20.1 Å². The molecule has 5 heteroatoms. The van der Waals surface area contributed by atoms with Crippen molar-refractivity contribution >= 4 is 11.6 Å². The van der Waals surface area contributed by atoms with Gasteiger partial charge in [0.05, 0.1) is 20.3 Å². The molecular weight excluding hydrogens is 232 g/mol. The molecule has 1 aromatic rings. The first-order valence-electron chi connectivity index (χ1n) is 6.00. The molecule has 0 aliphatic carbocycles. The van der Waals surface area contributed by atoms with Gasteiger partial charge in [0.2, 0.25) is 5.91 Å². The predicted octanol–water partition coefficient (Wildman–Crippen LogP) is 1.39. The molecule has 1 fully saturated rings. The molecule has 1 aliphatic heterocycles. The van der Waals surface area contributed by atoms with Crippen molar-refractivity contribution in [3.05, 3.63) is 18.2 Å². The molecule has 5 nitrogen and oxygen atoms in total. The summed E-state index contributed by atoms with van der Waals surface area (Å²) in [5.74, 6) is 1.30. The SMILES string of the molecule is COc1cc(NC(=O)[C@@H]2CCCN2)cc(OC)c1. The monoisotopic (exact) mass is 250 g/mol. The number of carbonyl (C=O) groups excluding carboxylic acids is 1. The minimum atomic E-state index is -0.0952. The highest BCUT2D eigenvalue weighted by Crippen LogP contribution is 2.26. The first kappa shape index (κ1) is 12.7. The third-order valence-electron chi connectivity index (χ3n) is 3.00. The second-order valence-electron chi connectivity index (χ2n) is 4.24. The molecule has 1 aliphatic rings. The van der Waals surface area contributed by atoms with Gasteiger partial charge in [-0.05, 0) is 19.4 Å². The van der Waals surface area contributed by atoms with Crippen molar-refractivity contribution in [3.63, 3.8) is 0 Å². The van der Waals surface area contributed by atoms with Crippen LogP contribution in [-0.4, -0.2) is 32.7 Å². The van der Waals surface area contributed by atoms with Gasteiger partial charge in [-0.3, -0.25) is 4.79 Å². The van der Waals surface area contributed by atoms with Crippen molar-refractivity contribution in [1.82, 2.24) is 5.32 Å². The number of benzene rings is 1. The van der Waals surface area contributed by atoms with E-state index >= 15 is 0 Å². The van der Waals surface area contributed by atoms with E-state index in [1.54, 1.807) is 32.4 Å². The zero-order chi connectivity index (χ0) is 13.0. The summed E-state index contributed by atoms with van der Waals surface area (Å²) in [4.78, 5) is 12.0. The summed E-state index contributed by atoms with van der Waals surface area (Å²) in [6.07, 6.45) is 1.92. The van der Waals surface area contributed by atoms with Gasteiger partial charge in [-0.25, -0.2) is 0 Å². The van der Waals surface area contributed by atoms with Crippen LogP contribution in [0.15, 0.2) is 18.2 Å². The van der Waals surface area contributed by atoms with Gasteiger partial charge < -0.3 is 20.1 Å². The highest BCUT2D eigenvalue weighted by molar-refractivity contribution is 5.95. The number of anilines is 1. The number of carbonyl (C=O) groups is 1. The molecule has 0 bridgehead atoms. The Kier molecular flexibility index (Phi) is 4.04. The molecule has 1 atom stereocenters. The number of hydrogen-bond donors (Lipinski definition) is 2. The lowest BCUT2D eigenvalue weighted by Gasteiger charge is -2.13. The average molecular weight is 250 g/mol. The minimum absolute atomic E-state index is 0.0113. The highest BCUT2D eigenvalue weighted by Gasteiger charge is 2.22. The molecule has 0 unspecified atom stereocenters. The van der Waals surface area contributed by atoms with E-state index in [2.05, 4.69) is 10.6 Å². The predicted molar refractivity (Wildman–Crippen MR) is 69.2 cm³/mol. The lowest BCUT2D eigenvalue weighted by atomic mass is 10.2. The molecule has 98 valence electrons. The summed E-state index contributed by atoms with van der Waals surface area (Å²) in [5, 5.41) is 6.03. The van der Waals surface area contributed by atoms with E-state index in [0.717, 1.165) is 19.4 Å². The number of amides is 1. The highest BCUT2D eigenvalue weighted by atomic mass is 16.5. The average Bonchev–Trinajstić information content (AvgIpc) is 2.92. The zero-order valence-corrected chi connectivity index (χ0v) is 10.7. The normalized spacial score (nSPS) is 18.4. The van der Waals surface area contributed by atoms with Gasteiger partial charge in [-0.1, -0.05) is 0 Å². The van der Waals surface area contributed by atoms with Gasteiger partial charge in [0.25, 0.3) is 0 Å². The smallest absolute Gasteiger partial charge is 0.241 e. The molecule has 0 aromatic heterocycles. The van der Waals surface area contributed by atoms with Crippen LogP contribution in [0.2, 0.25) is 0 Å². The Bertz CT molecular complexity index is 406. The third-order valence-corrected chi connectivity index (χ3v) is 3.00. The van der Waals surface area contributed by atoms with Crippen molar-refractivity contribution in [3.8, 4) is 11.5 Å². The summed E-state index contributed by atoms with van der Waals surface area (Å²) in [6.45, 7) is 0.902. The van der Waals surface area contributed by atoms with Crippen molar-refractivity contribution < 1.29 is 14.3 Å². The summed E-state index contributed by atoms with van der Waals surface area (Å²) in [5.41, 5.74) is 0.685. The molecule has 2 N–H and O–H groups in total. The summed E-state index contributed by atoms with van der Waals surface area (Å²) < 4.78 is 10.3. The largest absolute Gasteiger partial charge is 0.497 e. The van der Waals surface area contributed by atoms with Gasteiger partial charge in [-0.2, -0.15) is 0 Å². The van der Waals surface area contributed by atoms with Crippen molar-refractivity contribution in [2.45, 2.75) is 18.9 Å². The van der Waals surface area contributed by atoms with Gasteiger partial charge in [0, 0.05) is 23.9 Å². The van der Waals surface area contributed by atoms with Crippen molar-refractivity contribution in [1.29, 1.82) is 0 Å². The van der Waals surface area contributed by atoms with Gasteiger partial charge in [-0.15, -0.1) is 0 Å². The van der Waals surface area contributed by atoms with Crippen molar-refractivity contribution in [2.75, 3.05) is 26.1 Å². The first-order valence-corrected chi connectivity index (χ1v) is 6.00. The van der Waals surface area contributed by atoms with Gasteiger partial charge >= 0.3 is 0 Å². The van der Waals surface area contributed by atoms with E-state index < -0.39 is 0 Å². The molecule has 2 rings (SSSR count). The van der Waals surface area contributed by atoms with Crippen LogP contribution in [0.25, 0.3) is 0 Å². The molecule has 1 aromatic carbocycles. The van der Waals surface area contributed by atoms with Crippen LogP contribution >= 0.6 is 0 Å². The third kappa shape index (κ3) is 2.92. The number of hydrogen-bond acceptors (Lipinski definition) is 4. The first-order chi connectivity index (χ1) is 8.72. The number of ether oxygens (including phenoxy) is 2. The summed E-state index contributed by atoms with van der Waals surface area (Å²) in [6, 6.07) is 5.22. The zero-order valence-electron chi connectivity index (χ0n) is 10.7. The standard InChI is InChI=1S/C13H18N2O3/c1-17-10-6-9(7-11(8-10)18-2)15-13(16)12-4-3-5-14-12/h6-8,12,14H,3-5H2,1-2H3,(H,15,16)/t12-/m0/s1. The molecule has 0 spiro atoms. The maximum atomic E-state index is 12.0. The Morgan fingerprint density at radius 3 is 2.44 bits per heavy atom. The van der Waals surface area contributed by atoms with E-state index in [1.165, 1.54) is 0 Å². The maximum Gasteiger partial charge on any atom is 0.241 e. The Morgan fingerprint density at radius 2 is 1.94 bits per heavy atom. The van der Waals surface area contributed by atoms with Crippen molar-refractivity contribution in [2.24, 2.45) is 0 Å². The summed E-state index contributed by atoms with van der Waals surface area (Å²) >= 11 is 0. The molecule has 1 saturated heterocycles. The summed E-state index contributed by atoms with van der Waals surface area (Å²) in [7, 11) is 3.16. The lowest BCUT2D eigenvalue weighted by Crippen LogP contribution is -2.35. The number of methoxy groups -OCH3 is 2. The van der Waals surface area contributed by atoms with Crippen LogP contribution in [0, 0.1) is 0 Å². The van der Waals surface area contributed by atoms with Gasteiger partial charge in [0.15, 0.2) is 0 Å². The van der Waals surface area contributed by atoms with E-state index in [9.17, 15) is 4.79 Å². The van der Waals surface area contributed by atoms with Crippen LogP contribution in [0.4, 0.5) is 5.69 Å². The Hall–Kier alpha value is -1.75. The fraction of sp³-hybridized carbons (Fsp3) is 0.462.